The summed E-state index contributed by atoms with van der Waals surface area (Å²) in [5.41, 5.74) is 1.05. The molecule has 8 nitrogen and oxygen atoms in total. The lowest BCUT2D eigenvalue weighted by Crippen LogP contribution is -2.37. The van der Waals surface area contributed by atoms with Crippen LogP contribution in [0.5, 0.6) is 5.88 Å². The van der Waals surface area contributed by atoms with Crippen molar-refractivity contribution >= 4 is 17.6 Å². The summed E-state index contributed by atoms with van der Waals surface area (Å²) in [6.45, 7) is 9.85. The van der Waals surface area contributed by atoms with Gasteiger partial charge in [-0.15, -0.1) is 0 Å². The second-order valence-electron chi connectivity index (χ2n) is 9.94. The maximum atomic E-state index is 13.5. The number of carbonyl (C=O) groups excluding carboxylic acids is 1. The summed E-state index contributed by atoms with van der Waals surface area (Å²) < 4.78 is 8.37. The van der Waals surface area contributed by atoms with E-state index < -0.39 is 17.3 Å². The minimum Gasteiger partial charge on any atom is -0.492 e. The zero-order valence-corrected chi connectivity index (χ0v) is 18.8. The molecule has 2 fully saturated rings. The quantitative estimate of drug-likeness (QED) is 0.763. The van der Waals surface area contributed by atoms with Gasteiger partial charge in [0.25, 0.3) is 11.5 Å². The van der Waals surface area contributed by atoms with E-state index in [-0.39, 0.29) is 17.0 Å². The van der Waals surface area contributed by atoms with Crippen molar-refractivity contribution in [1.82, 2.24) is 19.5 Å². The van der Waals surface area contributed by atoms with Gasteiger partial charge in [0.2, 0.25) is 5.88 Å². The van der Waals surface area contributed by atoms with Gasteiger partial charge < -0.3 is 15.2 Å². The van der Waals surface area contributed by atoms with Crippen LogP contribution in [0.1, 0.15) is 68.1 Å². The van der Waals surface area contributed by atoms with Crippen molar-refractivity contribution in [2.24, 2.45) is 11.3 Å². The molecule has 0 unspecified atom stereocenters. The lowest BCUT2D eigenvalue weighted by atomic mass is 9.96. The Hall–Kier alpha value is -2.61. The summed E-state index contributed by atoms with van der Waals surface area (Å²) in [5, 5.41) is 18.2. The predicted octanol–water partition coefficient (Wildman–Crippen LogP) is 2.89. The van der Waals surface area contributed by atoms with Crippen molar-refractivity contribution in [2.45, 2.75) is 66.0 Å². The van der Waals surface area contributed by atoms with Crippen molar-refractivity contribution in [2.75, 3.05) is 13.2 Å². The Labute approximate surface area is 181 Å². The molecule has 1 saturated heterocycles. The number of aromatic hydroxyl groups is 1. The Balaban J connectivity index is 1.87. The zero-order valence-electron chi connectivity index (χ0n) is 18.8. The van der Waals surface area contributed by atoms with Crippen molar-refractivity contribution in [3.8, 4) is 5.88 Å². The lowest BCUT2D eigenvalue weighted by Gasteiger charge is -2.22. The zero-order chi connectivity index (χ0) is 22.3. The molecule has 3 heterocycles. The van der Waals surface area contributed by atoms with Gasteiger partial charge in [-0.05, 0) is 43.9 Å². The third-order valence-electron chi connectivity index (χ3n) is 5.79. The molecule has 4 rings (SSSR count). The molecular weight excluding hydrogens is 396 g/mol. The van der Waals surface area contributed by atoms with Crippen LogP contribution in [0.2, 0.25) is 0 Å². The first-order valence-corrected chi connectivity index (χ1v) is 11.1. The highest BCUT2D eigenvalue weighted by Crippen LogP contribution is 2.28. The highest BCUT2D eigenvalue weighted by molar-refractivity contribution is 5.96. The normalized spacial score (nSPS) is 18.2. The minimum atomic E-state index is -0.540. The van der Waals surface area contributed by atoms with Gasteiger partial charge in [0.05, 0.1) is 5.69 Å². The van der Waals surface area contributed by atoms with Crippen LogP contribution in [0.4, 0.5) is 0 Å². The number of rotatable bonds is 5. The molecule has 8 heteroatoms. The lowest BCUT2D eigenvalue weighted by molar-refractivity contribution is 0.0787. The van der Waals surface area contributed by atoms with Gasteiger partial charge >= 0.3 is 0 Å². The van der Waals surface area contributed by atoms with Crippen LogP contribution in [0.3, 0.4) is 0 Å². The van der Waals surface area contributed by atoms with E-state index in [0.717, 1.165) is 44.5 Å². The number of nitrogens with one attached hydrogen (secondary N) is 1. The van der Waals surface area contributed by atoms with Crippen LogP contribution in [0, 0.1) is 18.3 Å². The molecule has 31 heavy (non-hydrogen) atoms. The molecule has 1 aliphatic heterocycles. The topological polar surface area (TPSA) is 97.9 Å². The van der Waals surface area contributed by atoms with Crippen LogP contribution in [-0.2, 0) is 11.3 Å². The standard InChI is InChI=1S/C23H32N4O4/c1-14-17(8-5-15-9-11-31-12-10-15)20-26(13-23(2,3)4)21(29)18(22(30)27(20)25-14)19(28)24-16-6-7-16/h5,8,15-16,30H,6-7,9-13H2,1-4H3,(H,24,28)/b8-5+. The number of aromatic nitrogens is 3. The Morgan fingerprint density at radius 3 is 2.55 bits per heavy atom. The number of amides is 1. The van der Waals surface area contributed by atoms with Crippen LogP contribution < -0.4 is 10.9 Å². The fourth-order valence-corrected chi connectivity index (χ4v) is 4.01. The van der Waals surface area contributed by atoms with Crippen molar-refractivity contribution in [3.05, 3.63) is 33.3 Å². The average molecular weight is 429 g/mol. The van der Waals surface area contributed by atoms with Crippen molar-refractivity contribution in [3.63, 3.8) is 0 Å². The SMILES string of the molecule is Cc1nn2c(O)c(C(=O)NC3CC3)c(=O)n(CC(C)(C)C)c2c1/C=C/C1CCOCC1. The largest absolute Gasteiger partial charge is 0.492 e. The second kappa shape index (κ2) is 8.15. The molecule has 1 aliphatic carbocycles. The number of hydrogen-bond donors (Lipinski definition) is 2. The van der Waals surface area contributed by atoms with Gasteiger partial charge in [-0.3, -0.25) is 14.2 Å². The van der Waals surface area contributed by atoms with Gasteiger partial charge in [-0.1, -0.05) is 32.9 Å². The summed E-state index contributed by atoms with van der Waals surface area (Å²) in [5.74, 6) is -0.540. The average Bonchev–Trinajstić information content (AvgIpc) is 3.44. The third-order valence-corrected chi connectivity index (χ3v) is 5.79. The maximum absolute atomic E-state index is 13.5. The fourth-order valence-electron chi connectivity index (χ4n) is 4.01. The van der Waals surface area contributed by atoms with Crippen LogP contribution in [0.25, 0.3) is 11.7 Å². The van der Waals surface area contributed by atoms with E-state index >= 15 is 0 Å². The van der Waals surface area contributed by atoms with E-state index in [0.29, 0.717) is 23.8 Å². The smallest absolute Gasteiger partial charge is 0.270 e. The maximum Gasteiger partial charge on any atom is 0.270 e. The highest BCUT2D eigenvalue weighted by Gasteiger charge is 2.31. The molecule has 2 aromatic heterocycles. The first-order chi connectivity index (χ1) is 14.7. The number of ether oxygens (including phenoxy) is 1. The first-order valence-electron chi connectivity index (χ1n) is 11.1. The van der Waals surface area contributed by atoms with E-state index in [4.69, 9.17) is 4.74 Å². The fraction of sp³-hybridized carbons (Fsp3) is 0.609. The van der Waals surface area contributed by atoms with Gasteiger partial charge in [-0.25, -0.2) is 0 Å². The Morgan fingerprint density at radius 2 is 1.94 bits per heavy atom. The summed E-state index contributed by atoms with van der Waals surface area (Å²) in [7, 11) is 0. The molecule has 168 valence electrons. The number of fused-ring (bicyclic) bond motifs is 1. The molecule has 0 radical (unpaired) electrons. The highest BCUT2D eigenvalue weighted by atomic mass is 16.5. The molecule has 0 spiro atoms. The number of aryl methyl sites for hydroxylation is 1. The Bertz CT molecular complexity index is 1080. The van der Waals surface area contributed by atoms with Crippen molar-refractivity contribution in [1.29, 1.82) is 0 Å². The second-order valence-corrected chi connectivity index (χ2v) is 9.94. The molecule has 0 atom stereocenters. The van der Waals surface area contributed by atoms with Gasteiger partial charge in [0, 0.05) is 31.4 Å². The van der Waals surface area contributed by atoms with E-state index in [2.05, 4.69) is 16.5 Å². The summed E-state index contributed by atoms with van der Waals surface area (Å²) in [6, 6.07) is 0.0791. The molecular formula is C23H32N4O4. The Kier molecular flexibility index (Phi) is 5.68. The summed E-state index contributed by atoms with van der Waals surface area (Å²) >= 11 is 0. The summed E-state index contributed by atoms with van der Waals surface area (Å²) in [4.78, 5) is 26.2. The molecule has 1 amide bonds. The van der Waals surface area contributed by atoms with E-state index in [1.54, 1.807) is 4.57 Å². The number of hydrogen-bond acceptors (Lipinski definition) is 5. The molecule has 2 aliphatic rings. The molecule has 0 bridgehead atoms. The van der Waals surface area contributed by atoms with Gasteiger partial charge in [0.1, 0.15) is 5.65 Å². The van der Waals surface area contributed by atoms with Gasteiger partial charge in [0.15, 0.2) is 5.56 Å². The third kappa shape index (κ3) is 4.54. The minimum absolute atomic E-state index is 0.0791. The number of nitrogens with zero attached hydrogens (tertiary/aromatic N) is 3. The molecule has 0 aromatic carbocycles. The monoisotopic (exact) mass is 428 g/mol. The van der Waals surface area contributed by atoms with Crippen molar-refractivity contribution < 1.29 is 14.6 Å². The predicted molar refractivity (Wildman–Crippen MR) is 118 cm³/mol. The molecule has 1 saturated carbocycles. The summed E-state index contributed by atoms with van der Waals surface area (Å²) in [6.07, 6.45) is 7.85. The Morgan fingerprint density at radius 1 is 1.26 bits per heavy atom. The van der Waals surface area contributed by atoms with E-state index in [9.17, 15) is 14.7 Å². The van der Waals surface area contributed by atoms with E-state index in [1.165, 1.54) is 4.52 Å². The molecule has 2 N–H and O–H groups in total. The van der Waals surface area contributed by atoms with Gasteiger partial charge in [-0.2, -0.15) is 9.61 Å². The molecule has 2 aromatic rings. The number of allylic oxidation sites excluding steroid dienone is 1. The first kappa shape index (κ1) is 21.6. The van der Waals surface area contributed by atoms with Crippen LogP contribution in [0.15, 0.2) is 10.9 Å². The van der Waals surface area contributed by atoms with Crippen LogP contribution >= 0.6 is 0 Å². The van der Waals surface area contributed by atoms with Crippen LogP contribution in [-0.4, -0.2) is 44.5 Å². The van der Waals surface area contributed by atoms with E-state index in [1.807, 2.05) is 33.8 Å². The number of carbonyl (C=O) groups is 1.